The smallest absolute Gasteiger partial charge is 0.347 e. The molecule has 1 N–H and O–H groups in total. The zero-order valence-electron chi connectivity index (χ0n) is 14.1. The Kier molecular flexibility index (Phi) is 6.40. The van der Waals surface area contributed by atoms with Crippen molar-refractivity contribution in [1.82, 2.24) is 0 Å². The first-order chi connectivity index (χ1) is 10.3. The van der Waals surface area contributed by atoms with Crippen LogP contribution in [-0.2, 0) is 19.1 Å². The van der Waals surface area contributed by atoms with Crippen LogP contribution in [0.2, 0.25) is 0 Å². The Balaban J connectivity index is 2.69. The molecule has 122 valence electrons. The number of hydrogen-bond acceptors (Lipinski definition) is 5. The molecule has 0 aromatic heterocycles. The van der Waals surface area contributed by atoms with E-state index in [0.29, 0.717) is 0 Å². The number of carbonyl (C=O) groups is 2. The number of ether oxygens (including phenoxy) is 2. The van der Waals surface area contributed by atoms with Gasteiger partial charge in [-0.1, -0.05) is 6.07 Å². The van der Waals surface area contributed by atoms with Crippen molar-refractivity contribution in [1.29, 1.82) is 0 Å². The van der Waals surface area contributed by atoms with E-state index in [-0.39, 0.29) is 6.61 Å². The van der Waals surface area contributed by atoms with E-state index in [0.717, 1.165) is 16.8 Å². The van der Waals surface area contributed by atoms with Crippen LogP contribution < -0.4 is 5.32 Å². The fourth-order valence-corrected chi connectivity index (χ4v) is 1.99. The Morgan fingerprint density at radius 1 is 1.05 bits per heavy atom. The van der Waals surface area contributed by atoms with Crippen molar-refractivity contribution in [3.05, 3.63) is 28.8 Å². The zero-order chi connectivity index (χ0) is 16.9. The van der Waals surface area contributed by atoms with Crippen molar-refractivity contribution in [2.24, 2.45) is 0 Å². The molecule has 0 aliphatic rings. The van der Waals surface area contributed by atoms with Crippen LogP contribution in [0.1, 0.15) is 37.5 Å². The largest absolute Gasteiger partial charge is 0.463 e. The predicted molar refractivity (Wildman–Crippen MR) is 85.9 cm³/mol. The average molecular weight is 307 g/mol. The van der Waals surface area contributed by atoms with E-state index in [4.69, 9.17) is 9.47 Å². The number of anilines is 1. The lowest BCUT2D eigenvalue weighted by atomic mass is 10.0. The van der Waals surface area contributed by atoms with Gasteiger partial charge in [-0.05, 0) is 64.3 Å². The molecule has 1 aromatic carbocycles. The van der Waals surface area contributed by atoms with E-state index in [2.05, 4.69) is 11.4 Å². The quantitative estimate of drug-likeness (QED) is 0.819. The Morgan fingerprint density at radius 2 is 1.64 bits per heavy atom. The van der Waals surface area contributed by atoms with Gasteiger partial charge in [-0.25, -0.2) is 9.59 Å². The molecule has 0 saturated carbocycles. The van der Waals surface area contributed by atoms with E-state index in [1.165, 1.54) is 12.5 Å². The van der Waals surface area contributed by atoms with Crippen LogP contribution in [0.3, 0.4) is 0 Å². The van der Waals surface area contributed by atoms with Gasteiger partial charge in [-0.2, -0.15) is 0 Å². The molecule has 2 atom stereocenters. The maximum Gasteiger partial charge on any atom is 0.347 e. The summed E-state index contributed by atoms with van der Waals surface area (Å²) in [5, 5.41) is 3.13. The van der Waals surface area contributed by atoms with Gasteiger partial charge in [0.25, 0.3) is 0 Å². The van der Waals surface area contributed by atoms with E-state index < -0.39 is 24.1 Å². The number of carbonyl (C=O) groups excluding carboxylic acids is 2. The number of nitrogens with one attached hydrogen (secondary N) is 1. The first kappa shape index (κ1) is 18.0. The third kappa shape index (κ3) is 4.76. The van der Waals surface area contributed by atoms with Gasteiger partial charge in [-0.15, -0.1) is 0 Å². The van der Waals surface area contributed by atoms with Gasteiger partial charge < -0.3 is 14.8 Å². The van der Waals surface area contributed by atoms with E-state index in [1.54, 1.807) is 13.8 Å². The van der Waals surface area contributed by atoms with Crippen molar-refractivity contribution in [2.75, 3.05) is 11.9 Å². The van der Waals surface area contributed by atoms with Gasteiger partial charge in [0.2, 0.25) is 0 Å². The Hall–Kier alpha value is -2.04. The number of hydrogen-bond donors (Lipinski definition) is 1. The molecule has 1 aromatic rings. The fraction of sp³-hybridized carbons (Fsp3) is 0.529. The molecule has 1 unspecified atom stereocenters. The second-order valence-electron chi connectivity index (χ2n) is 5.45. The number of benzene rings is 1. The topological polar surface area (TPSA) is 64.6 Å². The van der Waals surface area contributed by atoms with Crippen molar-refractivity contribution in [3.8, 4) is 0 Å². The maximum absolute atomic E-state index is 12.0. The van der Waals surface area contributed by atoms with Crippen LogP contribution in [0.5, 0.6) is 0 Å². The molecule has 0 aliphatic heterocycles. The summed E-state index contributed by atoms with van der Waals surface area (Å²) in [6, 6.07) is 3.51. The summed E-state index contributed by atoms with van der Waals surface area (Å²) in [6.07, 6.45) is -0.905. The van der Waals surface area contributed by atoms with E-state index in [1.807, 2.05) is 26.8 Å². The highest BCUT2D eigenvalue weighted by atomic mass is 16.6. The van der Waals surface area contributed by atoms with Gasteiger partial charge >= 0.3 is 11.9 Å². The predicted octanol–water partition coefficient (Wildman–Crippen LogP) is 2.91. The van der Waals surface area contributed by atoms with Crippen molar-refractivity contribution in [3.63, 3.8) is 0 Å². The lowest BCUT2D eigenvalue weighted by Gasteiger charge is -2.19. The van der Waals surface area contributed by atoms with E-state index in [9.17, 15) is 9.59 Å². The van der Waals surface area contributed by atoms with Crippen molar-refractivity contribution >= 4 is 17.6 Å². The molecular formula is C17H25NO4. The summed E-state index contributed by atoms with van der Waals surface area (Å²) in [7, 11) is 0. The minimum Gasteiger partial charge on any atom is -0.463 e. The highest BCUT2D eigenvalue weighted by Gasteiger charge is 2.23. The second kappa shape index (κ2) is 7.82. The normalized spacial score (nSPS) is 13.2. The lowest BCUT2D eigenvalue weighted by Crippen LogP contribution is -2.34. The Morgan fingerprint density at radius 3 is 2.23 bits per heavy atom. The molecule has 22 heavy (non-hydrogen) atoms. The molecule has 0 spiro atoms. The van der Waals surface area contributed by atoms with Crippen LogP contribution in [0.25, 0.3) is 0 Å². The van der Waals surface area contributed by atoms with Crippen LogP contribution in [0.15, 0.2) is 12.1 Å². The Bertz CT molecular complexity index is 554. The molecule has 0 amide bonds. The van der Waals surface area contributed by atoms with Gasteiger partial charge in [0.1, 0.15) is 6.04 Å². The molecule has 0 heterocycles. The SMILES string of the molecule is CCOC(=O)C(C)OC(=O)[C@H](C)Nc1cc(C)c(C)cc1C. The maximum atomic E-state index is 12.0. The minimum atomic E-state index is -0.905. The molecule has 1 rings (SSSR count). The standard InChI is InChI=1S/C17H25NO4/c1-7-21-17(20)14(6)22-16(19)13(5)18-15-9-11(3)10(2)8-12(15)4/h8-9,13-14,18H,7H2,1-6H3/t13-,14?/m0/s1. The first-order valence-corrected chi connectivity index (χ1v) is 7.47. The number of rotatable bonds is 6. The van der Waals surface area contributed by atoms with Gasteiger partial charge in [-0.3, -0.25) is 0 Å². The molecular weight excluding hydrogens is 282 g/mol. The van der Waals surface area contributed by atoms with Crippen LogP contribution in [0.4, 0.5) is 5.69 Å². The number of aryl methyl sites for hydroxylation is 3. The first-order valence-electron chi connectivity index (χ1n) is 7.47. The fourth-order valence-electron chi connectivity index (χ4n) is 1.99. The minimum absolute atomic E-state index is 0.260. The van der Waals surface area contributed by atoms with Gasteiger partial charge in [0.05, 0.1) is 6.61 Å². The summed E-state index contributed by atoms with van der Waals surface area (Å²) in [5.74, 6) is -1.02. The van der Waals surface area contributed by atoms with E-state index >= 15 is 0 Å². The molecule has 5 heteroatoms. The van der Waals surface area contributed by atoms with Crippen LogP contribution in [0, 0.1) is 20.8 Å². The molecule has 0 fully saturated rings. The molecule has 0 radical (unpaired) electrons. The Labute approximate surface area is 132 Å². The zero-order valence-corrected chi connectivity index (χ0v) is 14.1. The summed E-state index contributed by atoms with van der Waals surface area (Å²) in [4.78, 5) is 23.5. The van der Waals surface area contributed by atoms with Gasteiger partial charge in [0, 0.05) is 5.69 Å². The highest BCUT2D eigenvalue weighted by Crippen LogP contribution is 2.21. The third-order valence-electron chi connectivity index (χ3n) is 3.48. The number of esters is 2. The van der Waals surface area contributed by atoms with Gasteiger partial charge in [0.15, 0.2) is 6.10 Å². The highest BCUT2D eigenvalue weighted by molar-refractivity contribution is 5.83. The molecule has 0 bridgehead atoms. The van der Waals surface area contributed by atoms with Crippen LogP contribution in [-0.4, -0.2) is 30.7 Å². The summed E-state index contributed by atoms with van der Waals surface area (Å²) in [5.41, 5.74) is 4.29. The van der Waals surface area contributed by atoms with Crippen molar-refractivity contribution < 1.29 is 19.1 Å². The van der Waals surface area contributed by atoms with Crippen LogP contribution >= 0.6 is 0 Å². The molecule has 0 saturated heterocycles. The average Bonchev–Trinajstić information content (AvgIpc) is 2.44. The summed E-state index contributed by atoms with van der Waals surface area (Å²) < 4.78 is 9.93. The molecule has 5 nitrogen and oxygen atoms in total. The van der Waals surface area contributed by atoms with Crippen molar-refractivity contribution in [2.45, 2.75) is 53.7 Å². The summed E-state index contributed by atoms with van der Waals surface area (Å²) >= 11 is 0. The summed E-state index contributed by atoms with van der Waals surface area (Å²) in [6.45, 7) is 11.2. The second-order valence-corrected chi connectivity index (χ2v) is 5.45. The lowest BCUT2D eigenvalue weighted by molar-refractivity contribution is -0.166. The third-order valence-corrected chi connectivity index (χ3v) is 3.48. The molecule has 0 aliphatic carbocycles. The monoisotopic (exact) mass is 307 g/mol.